The van der Waals surface area contributed by atoms with Gasteiger partial charge in [-0.25, -0.2) is 28.8 Å². The van der Waals surface area contributed by atoms with Crippen molar-refractivity contribution < 1.29 is 76.1 Å². The molecule has 0 aromatic heterocycles. The third-order valence-corrected chi connectivity index (χ3v) is 11.0. The topological polar surface area (TPSA) is 195 Å². The number of esters is 6. The first-order valence-electron chi connectivity index (χ1n) is 24.5. The number of ether oxygens (including phenoxy) is 10. The number of rotatable bonds is 32. The van der Waals surface area contributed by atoms with Crippen LogP contribution in [0.4, 0.5) is 0 Å². The first-order chi connectivity index (χ1) is 35.1. The van der Waals surface area contributed by atoms with Gasteiger partial charge in [-0.3, -0.25) is 0 Å². The highest BCUT2D eigenvalue weighted by Crippen LogP contribution is 2.23. The van der Waals surface area contributed by atoms with E-state index in [1.54, 1.807) is 48.5 Å². The molecule has 1 heterocycles. The second-order valence-corrected chi connectivity index (χ2v) is 16.6. The summed E-state index contributed by atoms with van der Waals surface area (Å²) in [5.41, 5.74) is 0.855. The molecule has 2 atom stereocenters. The molecule has 4 aromatic rings. The van der Waals surface area contributed by atoms with Crippen molar-refractivity contribution in [2.45, 2.75) is 102 Å². The smallest absolute Gasteiger partial charge is 0.343 e. The maximum absolute atomic E-state index is 13.1. The van der Waals surface area contributed by atoms with Crippen LogP contribution in [0.25, 0.3) is 0 Å². The Bertz CT molecular complexity index is 2160. The largest absolute Gasteiger partial charge is 0.494 e. The van der Waals surface area contributed by atoms with Gasteiger partial charge in [-0.2, -0.15) is 0 Å². The summed E-state index contributed by atoms with van der Waals surface area (Å²) in [6.45, 7) is 8.87. The van der Waals surface area contributed by atoms with Crippen molar-refractivity contribution in [3.8, 4) is 23.0 Å². The lowest BCUT2D eigenvalue weighted by molar-refractivity contribution is -0.288. The Hall–Kier alpha value is -7.30. The summed E-state index contributed by atoms with van der Waals surface area (Å²) in [5, 5.41) is 0. The van der Waals surface area contributed by atoms with E-state index in [0.717, 1.165) is 89.9 Å². The van der Waals surface area contributed by atoms with Gasteiger partial charge in [-0.1, -0.05) is 77.4 Å². The van der Waals surface area contributed by atoms with Crippen LogP contribution in [-0.2, 0) is 38.0 Å². The molecule has 384 valence electrons. The fourth-order valence-electron chi connectivity index (χ4n) is 7.06. The Labute approximate surface area is 420 Å². The molecule has 0 radical (unpaired) electrons. The van der Waals surface area contributed by atoms with Crippen LogP contribution in [0.15, 0.2) is 122 Å². The molecule has 2 unspecified atom stereocenters. The van der Waals surface area contributed by atoms with Gasteiger partial charge < -0.3 is 47.4 Å². The number of carbonyl (C=O) groups excluding carboxylic acids is 6. The molecule has 0 aliphatic carbocycles. The number of hydrogen-bond acceptors (Lipinski definition) is 16. The van der Waals surface area contributed by atoms with Crippen molar-refractivity contribution in [3.63, 3.8) is 0 Å². The molecule has 4 aromatic carbocycles. The molecule has 1 aliphatic heterocycles. The molecule has 16 heteroatoms. The summed E-state index contributed by atoms with van der Waals surface area (Å²) in [5.74, 6) is -1.89. The first-order valence-corrected chi connectivity index (χ1v) is 24.5. The second kappa shape index (κ2) is 31.8. The number of hydrogen-bond donors (Lipinski definition) is 0. The van der Waals surface area contributed by atoms with Crippen LogP contribution in [0.3, 0.4) is 0 Å². The van der Waals surface area contributed by atoms with Gasteiger partial charge in [0, 0.05) is 12.2 Å². The Balaban J connectivity index is 0.957. The van der Waals surface area contributed by atoms with Crippen LogP contribution >= 0.6 is 0 Å². The minimum atomic E-state index is -1.38. The molecule has 1 fully saturated rings. The third kappa shape index (κ3) is 20.6. The van der Waals surface area contributed by atoms with E-state index in [9.17, 15) is 28.8 Å². The van der Waals surface area contributed by atoms with Crippen molar-refractivity contribution in [3.05, 3.63) is 145 Å². The first kappa shape index (κ1) is 55.6. The molecule has 16 nitrogen and oxygen atoms in total. The van der Waals surface area contributed by atoms with E-state index in [1.165, 1.54) is 60.7 Å². The SMILES string of the molecule is C=CC(=O)OCCCCCCCCCOc1ccc(C(=O)Oc2ccc(C(=O)OC3OCCOC3OC(=O)c3ccc(OC(=O)c4ccc(OCCCCCCCCCOC(=O)C=C)cc4)cc3)cc2)cc1. The second-order valence-electron chi connectivity index (χ2n) is 16.6. The van der Waals surface area contributed by atoms with Crippen LogP contribution in [0.2, 0.25) is 0 Å². The normalized spacial score (nSPS) is 13.9. The van der Waals surface area contributed by atoms with Crippen molar-refractivity contribution in [2.24, 2.45) is 0 Å². The van der Waals surface area contributed by atoms with Crippen molar-refractivity contribution in [1.82, 2.24) is 0 Å². The van der Waals surface area contributed by atoms with E-state index in [-0.39, 0.29) is 47.8 Å². The fraction of sp³-hybridized carbons (Fsp3) is 0.393. The van der Waals surface area contributed by atoms with Crippen molar-refractivity contribution in [2.75, 3.05) is 39.6 Å². The lowest BCUT2D eigenvalue weighted by atomic mass is 10.1. The lowest BCUT2D eigenvalue weighted by Gasteiger charge is -2.30. The van der Waals surface area contributed by atoms with Gasteiger partial charge in [0.1, 0.15) is 23.0 Å². The van der Waals surface area contributed by atoms with E-state index in [4.69, 9.17) is 47.4 Å². The van der Waals surface area contributed by atoms with Gasteiger partial charge in [0.15, 0.2) is 0 Å². The molecule has 0 saturated carbocycles. The maximum Gasteiger partial charge on any atom is 0.343 e. The van der Waals surface area contributed by atoms with Gasteiger partial charge >= 0.3 is 35.8 Å². The average Bonchev–Trinajstić information content (AvgIpc) is 3.40. The summed E-state index contributed by atoms with van der Waals surface area (Å²) in [4.78, 5) is 74.0. The Morgan fingerprint density at radius 2 is 0.667 bits per heavy atom. The van der Waals surface area contributed by atoms with Gasteiger partial charge in [-0.05, 0) is 123 Å². The van der Waals surface area contributed by atoms with E-state index >= 15 is 0 Å². The van der Waals surface area contributed by atoms with Gasteiger partial charge in [-0.15, -0.1) is 0 Å². The highest BCUT2D eigenvalue weighted by atomic mass is 16.8. The van der Waals surface area contributed by atoms with E-state index in [2.05, 4.69) is 13.2 Å². The van der Waals surface area contributed by atoms with E-state index < -0.39 is 36.5 Å². The molecule has 0 bridgehead atoms. The summed E-state index contributed by atoms with van der Waals surface area (Å²) < 4.78 is 54.7. The molecule has 0 N–H and O–H groups in total. The maximum atomic E-state index is 13.1. The van der Waals surface area contributed by atoms with Crippen LogP contribution in [0.1, 0.15) is 131 Å². The van der Waals surface area contributed by atoms with E-state index in [1.807, 2.05) is 0 Å². The highest BCUT2D eigenvalue weighted by Gasteiger charge is 2.34. The molecule has 72 heavy (non-hydrogen) atoms. The predicted molar refractivity (Wildman–Crippen MR) is 264 cm³/mol. The Morgan fingerprint density at radius 3 is 0.986 bits per heavy atom. The highest BCUT2D eigenvalue weighted by molar-refractivity contribution is 5.93. The number of carbonyl (C=O) groups is 6. The molecular formula is C56H64O16. The monoisotopic (exact) mass is 992 g/mol. The quantitative estimate of drug-likeness (QED) is 0.0147. The van der Waals surface area contributed by atoms with Gasteiger partial charge in [0.2, 0.25) is 0 Å². The molecule has 1 aliphatic rings. The average molecular weight is 993 g/mol. The molecular weight excluding hydrogens is 929 g/mol. The molecule has 1 saturated heterocycles. The zero-order valence-electron chi connectivity index (χ0n) is 40.6. The van der Waals surface area contributed by atoms with Gasteiger partial charge in [0.25, 0.3) is 12.6 Å². The minimum absolute atomic E-state index is 0.0766. The third-order valence-electron chi connectivity index (χ3n) is 11.0. The Kier molecular flexibility index (Phi) is 24.6. The summed E-state index contributed by atoms with van der Waals surface area (Å²) >= 11 is 0. The van der Waals surface area contributed by atoms with E-state index in [0.29, 0.717) is 49.1 Å². The molecule has 0 spiro atoms. The van der Waals surface area contributed by atoms with Crippen molar-refractivity contribution >= 4 is 35.8 Å². The van der Waals surface area contributed by atoms with Crippen LogP contribution in [0, 0.1) is 0 Å². The molecule has 0 amide bonds. The predicted octanol–water partition coefficient (Wildman–Crippen LogP) is 10.5. The fourth-order valence-corrected chi connectivity index (χ4v) is 7.06. The number of unbranched alkanes of at least 4 members (excludes halogenated alkanes) is 12. The van der Waals surface area contributed by atoms with Crippen molar-refractivity contribution in [1.29, 1.82) is 0 Å². The summed E-state index contributed by atoms with van der Waals surface area (Å²) in [6, 6.07) is 24.7. The van der Waals surface area contributed by atoms with Gasteiger partial charge in [0.05, 0.1) is 61.9 Å². The minimum Gasteiger partial charge on any atom is -0.494 e. The lowest BCUT2D eigenvalue weighted by Crippen LogP contribution is -2.44. The zero-order chi connectivity index (χ0) is 51.2. The zero-order valence-corrected chi connectivity index (χ0v) is 40.6. The molecule has 5 rings (SSSR count). The Morgan fingerprint density at radius 1 is 0.389 bits per heavy atom. The summed E-state index contributed by atoms with van der Waals surface area (Å²) in [7, 11) is 0. The number of benzene rings is 4. The van der Waals surface area contributed by atoms with Crippen LogP contribution in [-0.4, -0.2) is 88.0 Å². The van der Waals surface area contributed by atoms with Crippen LogP contribution < -0.4 is 18.9 Å². The van der Waals surface area contributed by atoms with Crippen LogP contribution in [0.5, 0.6) is 23.0 Å². The summed E-state index contributed by atoms with van der Waals surface area (Å²) in [6.07, 6.45) is 13.7. The standard InChI is InChI=1S/C56H64O16/c1-3-49(57)65-37-17-13-9-5-7-11-15-35-63-45-27-19-41(20-28-45)51(59)69-47-31-23-43(24-32-47)53(61)71-55-56(68-40-39-67-55)72-54(62)44-25-33-48(34-26-44)70-52(60)42-21-29-46(30-22-42)64-36-16-12-8-6-10-14-18-38-66-50(58)4-2/h3-4,19-34,55-56H,1-2,5-18,35-40H2.